The number of nitrogens with one attached hydrogen (secondary N) is 2. The van der Waals surface area contributed by atoms with Crippen molar-refractivity contribution in [2.24, 2.45) is 4.99 Å². The van der Waals surface area contributed by atoms with Crippen molar-refractivity contribution in [3.8, 4) is 11.3 Å². The van der Waals surface area contributed by atoms with Gasteiger partial charge in [0, 0.05) is 35.4 Å². The second kappa shape index (κ2) is 5.24. The van der Waals surface area contributed by atoms with E-state index in [1.165, 1.54) is 0 Å². The third-order valence-corrected chi connectivity index (χ3v) is 4.15. The molecule has 3 heterocycles. The number of aromatic nitrogens is 2. The Hall–Kier alpha value is -2.72. The summed E-state index contributed by atoms with van der Waals surface area (Å²) in [5.74, 6) is 0. The summed E-state index contributed by atoms with van der Waals surface area (Å²) in [6, 6.07) is 16.2. The topological polar surface area (TPSA) is 43.9 Å². The fourth-order valence-electron chi connectivity index (χ4n) is 2.66. The maximum absolute atomic E-state index is 5.65. The van der Waals surface area contributed by atoms with Crippen LogP contribution in [-0.2, 0) is 0 Å². The van der Waals surface area contributed by atoms with Crippen LogP contribution in [0.5, 0.6) is 0 Å². The molecule has 0 fully saturated rings. The Kier molecular flexibility index (Phi) is 3.09. The molecular formula is C18H13N3S. The smallest absolute Gasteiger partial charge is 0.106 e. The van der Waals surface area contributed by atoms with E-state index >= 15 is 0 Å². The van der Waals surface area contributed by atoms with Crippen LogP contribution >= 0.6 is 12.2 Å². The SMILES string of the molecule is S=C1C(c2ccccc2)=CN=C1c1[nH]ccc1-c1ccc[nH]1. The third-order valence-electron chi connectivity index (χ3n) is 3.74. The van der Waals surface area contributed by atoms with Crippen LogP contribution in [0, 0.1) is 0 Å². The minimum Gasteiger partial charge on any atom is -0.361 e. The van der Waals surface area contributed by atoms with E-state index in [0.29, 0.717) is 0 Å². The van der Waals surface area contributed by atoms with Gasteiger partial charge in [0.1, 0.15) is 5.71 Å². The van der Waals surface area contributed by atoms with Gasteiger partial charge in [-0.15, -0.1) is 0 Å². The van der Waals surface area contributed by atoms with Crippen molar-refractivity contribution in [3.63, 3.8) is 0 Å². The second-order valence-electron chi connectivity index (χ2n) is 5.07. The number of hydrogen-bond acceptors (Lipinski definition) is 2. The van der Waals surface area contributed by atoms with Crippen LogP contribution in [0.1, 0.15) is 11.3 Å². The Morgan fingerprint density at radius 1 is 0.864 bits per heavy atom. The Morgan fingerprint density at radius 3 is 2.50 bits per heavy atom. The van der Waals surface area contributed by atoms with Gasteiger partial charge in [-0.25, -0.2) is 0 Å². The zero-order chi connectivity index (χ0) is 14.9. The van der Waals surface area contributed by atoms with E-state index in [1.807, 2.05) is 55.0 Å². The van der Waals surface area contributed by atoms with Gasteiger partial charge in [0.15, 0.2) is 0 Å². The Labute approximate surface area is 133 Å². The molecule has 4 heteroatoms. The van der Waals surface area contributed by atoms with Gasteiger partial charge >= 0.3 is 0 Å². The quantitative estimate of drug-likeness (QED) is 0.699. The van der Waals surface area contributed by atoms with Crippen molar-refractivity contribution in [1.82, 2.24) is 9.97 Å². The zero-order valence-electron chi connectivity index (χ0n) is 11.7. The molecule has 0 atom stereocenters. The molecule has 0 radical (unpaired) electrons. The summed E-state index contributed by atoms with van der Waals surface area (Å²) in [4.78, 5) is 11.8. The summed E-state index contributed by atoms with van der Waals surface area (Å²) in [6.07, 6.45) is 5.68. The minimum absolute atomic E-state index is 0.779. The van der Waals surface area contributed by atoms with Crippen molar-refractivity contribution < 1.29 is 0 Å². The molecule has 1 aliphatic heterocycles. The van der Waals surface area contributed by atoms with E-state index in [2.05, 4.69) is 27.1 Å². The van der Waals surface area contributed by atoms with Gasteiger partial charge in [0.2, 0.25) is 0 Å². The average molecular weight is 303 g/mol. The van der Waals surface area contributed by atoms with Crippen molar-refractivity contribution in [3.05, 3.63) is 78.4 Å². The Balaban J connectivity index is 1.70. The summed E-state index contributed by atoms with van der Waals surface area (Å²) in [5, 5.41) is 0. The van der Waals surface area contributed by atoms with Crippen molar-refractivity contribution in [2.45, 2.75) is 0 Å². The van der Waals surface area contributed by atoms with Crippen LogP contribution in [0.15, 0.2) is 72.1 Å². The molecule has 3 aromatic rings. The summed E-state index contributed by atoms with van der Waals surface area (Å²) in [5.41, 5.74) is 6.00. The molecule has 106 valence electrons. The normalized spacial score (nSPS) is 14.1. The standard InChI is InChI=1S/C18H13N3S/c22-18-14(12-5-2-1-3-6-12)11-21-17(18)16-13(8-10-20-16)15-7-4-9-19-15/h1-11,19-20H. The van der Waals surface area contributed by atoms with Gasteiger partial charge in [-0.3, -0.25) is 4.99 Å². The molecule has 0 unspecified atom stereocenters. The first-order chi connectivity index (χ1) is 10.8. The zero-order valence-corrected chi connectivity index (χ0v) is 12.5. The maximum Gasteiger partial charge on any atom is 0.106 e. The van der Waals surface area contributed by atoms with Crippen LogP contribution in [0.2, 0.25) is 0 Å². The van der Waals surface area contributed by atoms with Gasteiger partial charge < -0.3 is 9.97 Å². The lowest BCUT2D eigenvalue weighted by atomic mass is 10.00. The number of thiocarbonyl (C=S) groups is 1. The van der Waals surface area contributed by atoms with Crippen molar-refractivity contribution in [2.75, 3.05) is 0 Å². The number of hydrogen-bond donors (Lipinski definition) is 2. The monoisotopic (exact) mass is 303 g/mol. The number of aromatic amines is 2. The van der Waals surface area contributed by atoms with E-state index in [0.717, 1.165) is 38.7 Å². The van der Waals surface area contributed by atoms with Gasteiger partial charge in [0.05, 0.1) is 10.6 Å². The van der Waals surface area contributed by atoms with E-state index in [1.54, 1.807) is 0 Å². The van der Waals surface area contributed by atoms with E-state index in [-0.39, 0.29) is 0 Å². The molecule has 1 aliphatic rings. The molecule has 4 rings (SSSR count). The fourth-order valence-corrected chi connectivity index (χ4v) is 2.99. The van der Waals surface area contributed by atoms with E-state index < -0.39 is 0 Å². The van der Waals surface area contributed by atoms with Crippen LogP contribution < -0.4 is 0 Å². The van der Waals surface area contributed by atoms with Crippen LogP contribution in [0.3, 0.4) is 0 Å². The lowest BCUT2D eigenvalue weighted by Gasteiger charge is -2.06. The summed E-state index contributed by atoms with van der Waals surface area (Å²) in [7, 11) is 0. The summed E-state index contributed by atoms with van der Waals surface area (Å²) < 4.78 is 0. The minimum atomic E-state index is 0.779. The molecule has 0 amide bonds. The highest BCUT2D eigenvalue weighted by atomic mass is 32.1. The molecule has 0 bridgehead atoms. The first kappa shape index (κ1) is 13.0. The van der Waals surface area contributed by atoms with Crippen LogP contribution in [-0.4, -0.2) is 20.5 Å². The number of allylic oxidation sites excluding steroid dienone is 1. The fraction of sp³-hybridized carbons (Fsp3) is 0. The van der Waals surface area contributed by atoms with E-state index in [4.69, 9.17) is 12.2 Å². The number of nitrogens with zero attached hydrogens (tertiary/aromatic N) is 1. The van der Waals surface area contributed by atoms with Crippen molar-refractivity contribution in [1.29, 1.82) is 0 Å². The van der Waals surface area contributed by atoms with E-state index in [9.17, 15) is 0 Å². The van der Waals surface area contributed by atoms with Crippen LogP contribution in [0.4, 0.5) is 0 Å². The predicted octanol–water partition coefficient (Wildman–Crippen LogP) is 4.22. The molecule has 3 nitrogen and oxygen atoms in total. The summed E-state index contributed by atoms with van der Waals surface area (Å²) in [6.45, 7) is 0. The van der Waals surface area contributed by atoms with Crippen LogP contribution in [0.25, 0.3) is 16.8 Å². The Morgan fingerprint density at radius 2 is 1.73 bits per heavy atom. The highest BCUT2D eigenvalue weighted by Gasteiger charge is 2.23. The molecule has 0 spiro atoms. The molecule has 22 heavy (non-hydrogen) atoms. The molecule has 0 saturated carbocycles. The van der Waals surface area contributed by atoms with Gasteiger partial charge in [-0.05, 0) is 23.8 Å². The lowest BCUT2D eigenvalue weighted by Crippen LogP contribution is -2.12. The molecule has 2 N–H and O–H groups in total. The number of aliphatic imine (C=N–C) groups is 1. The molecule has 2 aromatic heterocycles. The lowest BCUT2D eigenvalue weighted by molar-refractivity contribution is 1.35. The maximum atomic E-state index is 5.65. The highest BCUT2D eigenvalue weighted by Crippen LogP contribution is 2.28. The second-order valence-corrected chi connectivity index (χ2v) is 5.47. The largest absolute Gasteiger partial charge is 0.361 e. The molecule has 0 aliphatic carbocycles. The number of benzene rings is 1. The third kappa shape index (κ3) is 2.05. The van der Waals surface area contributed by atoms with Gasteiger partial charge in [-0.1, -0.05) is 42.5 Å². The first-order valence-corrected chi connectivity index (χ1v) is 7.45. The average Bonchev–Trinajstić information content (AvgIpc) is 3.27. The van der Waals surface area contributed by atoms with Gasteiger partial charge in [-0.2, -0.15) is 0 Å². The molecule has 1 aromatic carbocycles. The van der Waals surface area contributed by atoms with Gasteiger partial charge in [0.25, 0.3) is 0 Å². The first-order valence-electron chi connectivity index (χ1n) is 7.04. The molecular weight excluding hydrogens is 290 g/mol. The summed E-state index contributed by atoms with van der Waals surface area (Å²) >= 11 is 5.65. The Bertz CT molecular complexity index is 884. The predicted molar refractivity (Wildman–Crippen MR) is 94.1 cm³/mol. The highest BCUT2D eigenvalue weighted by molar-refractivity contribution is 7.83. The number of H-pyrrole nitrogens is 2. The number of rotatable bonds is 3. The van der Waals surface area contributed by atoms with Crippen molar-refractivity contribution >= 4 is 28.4 Å². The molecule has 0 saturated heterocycles.